The van der Waals surface area contributed by atoms with Gasteiger partial charge in [0.2, 0.25) is 0 Å². The van der Waals surface area contributed by atoms with Gasteiger partial charge in [-0.05, 0) is 62.8 Å². The Balaban J connectivity index is 2.11. The Morgan fingerprint density at radius 3 is 1.22 bits per heavy atom. The molecular weight excluding hydrogens is 448 g/mol. The van der Waals surface area contributed by atoms with Crippen LogP contribution in [0.5, 0.6) is 0 Å². The average molecular weight is 483 g/mol. The van der Waals surface area contributed by atoms with E-state index < -0.39 is 20.2 Å². The van der Waals surface area contributed by atoms with Gasteiger partial charge in [0, 0.05) is 0 Å². The summed E-state index contributed by atoms with van der Waals surface area (Å²) in [6.07, 6.45) is 3.07. The lowest BCUT2D eigenvalue weighted by Crippen LogP contribution is -2.27. The quantitative estimate of drug-likeness (QED) is 0.363. The summed E-state index contributed by atoms with van der Waals surface area (Å²) in [5, 5.41) is 0. The Hall–Kier alpha value is -1.74. The summed E-state index contributed by atoms with van der Waals surface area (Å²) in [6.45, 7) is 7.76. The first-order valence-corrected chi connectivity index (χ1v) is 13.8. The minimum absolute atomic E-state index is 0.0113. The highest BCUT2D eigenvalue weighted by Gasteiger charge is 2.27. The highest BCUT2D eigenvalue weighted by atomic mass is 32.2. The van der Waals surface area contributed by atoms with Crippen LogP contribution < -0.4 is 0 Å². The molecule has 0 amide bonds. The van der Waals surface area contributed by atoms with Crippen LogP contribution in [-0.2, 0) is 28.6 Å². The fourth-order valence-corrected chi connectivity index (χ4v) is 5.47. The number of aryl methyl sites for hydroxylation is 2. The number of hydrogen-bond donors (Lipinski definition) is 0. The zero-order valence-electron chi connectivity index (χ0n) is 19.3. The molecule has 0 fully saturated rings. The summed E-state index contributed by atoms with van der Waals surface area (Å²) in [5.74, 6) is -0.290. The predicted molar refractivity (Wildman–Crippen MR) is 125 cm³/mol. The zero-order valence-corrected chi connectivity index (χ0v) is 20.9. The van der Waals surface area contributed by atoms with Crippen LogP contribution in [0, 0.1) is 25.7 Å². The van der Waals surface area contributed by atoms with E-state index in [1.165, 1.54) is 24.3 Å². The average Bonchev–Trinajstić information content (AvgIpc) is 2.75. The molecule has 0 N–H and O–H groups in total. The van der Waals surface area contributed by atoms with Crippen molar-refractivity contribution in [3.8, 4) is 0 Å². The lowest BCUT2D eigenvalue weighted by molar-refractivity contribution is 0.132. The molecule has 2 aromatic rings. The van der Waals surface area contributed by atoms with Crippen molar-refractivity contribution in [2.45, 2.75) is 63.2 Å². The zero-order chi connectivity index (χ0) is 23.8. The van der Waals surface area contributed by atoms with E-state index >= 15 is 0 Å². The van der Waals surface area contributed by atoms with Crippen molar-refractivity contribution in [1.82, 2.24) is 0 Å². The Morgan fingerprint density at radius 2 is 0.938 bits per heavy atom. The molecule has 2 aromatic carbocycles. The van der Waals surface area contributed by atoms with Gasteiger partial charge in [-0.2, -0.15) is 16.8 Å². The van der Waals surface area contributed by atoms with E-state index in [2.05, 4.69) is 0 Å². The summed E-state index contributed by atoms with van der Waals surface area (Å²) in [4.78, 5) is 0.229. The fraction of sp³-hybridized carbons (Fsp3) is 0.500. The second-order valence-electron chi connectivity index (χ2n) is 8.20. The van der Waals surface area contributed by atoms with Crippen LogP contribution in [0.4, 0.5) is 0 Å². The smallest absolute Gasteiger partial charge is 0.266 e. The van der Waals surface area contributed by atoms with Gasteiger partial charge in [0.25, 0.3) is 20.2 Å². The molecule has 6 nitrogen and oxygen atoms in total. The summed E-state index contributed by atoms with van der Waals surface area (Å²) in [5.41, 5.74) is 1.92. The fourth-order valence-electron chi connectivity index (χ4n) is 3.55. The molecule has 0 saturated carbocycles. The maximum Gasteiger partial charge on any atom is 0.296 e. The molecule has 0 aliphatic heterocycles. The molecule has 1 unspecified atom stereocenters. The van der Waals surface area contributed by atoms with Crippen molar-refractivity contribution < 1.29 is 25.2 Å². The third kappa shape index (κ3) is 7.69. The number of rotatable bonds is 13. The van der Waals surface area contributed by atoms with E-state index in [9.17, 15) is 16.8 Å². The Morgan fingerprint density at radius 1 is 0.625 bits per heavy atom. The molecule has 0 bridgehead atoms. The first kappa shape index (κ1) is 26.5. The predicted octanol–water partition coefficient (Wildman–Crippen LogP) is 5.25. The molecule has 0 aliphatic rings. The van der Waals surface area contributed by atoms with Crippen LogP contribution in [0.3, 0.4) is 0 Å². The van der Waals surface area contributed by atoms with Gasteiger partial charge >= 0.3 is 0 Å². The Bertz CT molecular complexity index is 955. The van der Waals surface area contributed by atoms with Gasteiger partial charge in [0.15, 0.2) is 0 Å². The van der Waals surface area contributed by atoms with Crippen LogP contribution in [-0.4, -0.2) is 30.0 Å². The topological polar surface area (TPSA) is 86.7 Å². The van der Waals surface area contributed by atoms with Crippen LogP contribution in [0.1, 0.15) is 50.7 Å². The largest absolute Gasteiger partial charge is 0.296 e. The van der Waals surface area contributed by atoms with Crippen molar-refractivity contribution in [2.75, 3.05) is 13.2 Å². The van der Waals surface area contributed by atoms with Crippen molar-refractivity contribution in [3.63, 3.8) is 0 Å². The summed E-state index contributed by atoms with van der Waals surface area (Å²) < 4.78 is 61.2. The minimum Gasteiger partial charge on any atom is -0.266 e. The molecule has 0 aromatic heterocycles. The molecule has 32 heavy (non-hydrogen) atoms. The molecule has 0 aliphatic carbocycles. The molecule has 2 rings (SSSR count). The molecule has 0 saturated heterocycles. The molecule has 2 atom stereocenters. The van der Waals surface area contributed by atoms with Crippen LogP contribution in [0.25, 0.3) is 0 Å². The molecule has 0 radical (unpaired) electrons. The lowest BCUT2D eigenvalue weighted by Gasteiger charge is -2.26. The maximum absolute atomic E-state index is 12.6. The van der Waals surface area contributed by atoms with Crippen LogP contribution in [0.15, 0.2) is 58.3 Å². The lowest BCUT2D eigenvalue weighted by atomic mass is 9.86. The van der Waals surface area contributed by atoms with E-state index in [0.717, 1.165) is 24.0 Å². The van der Waals surface area contributed by atoms with Gasteiger partial charge in [0.1, 0.15) is 0 Å². The van der Waals surface area contributed by atoms with Crippen LogP contribution >= 0.6 is 0 Å². The first-order valence-electron chi connectivity index (χ1n) is 11.0. The molecule has 0 spiro atoms. The SMILES string of the molecule is CCCC(COS(=O)(=O)c1ccc(C)cc1)[C@@H](CCC)COS(=O)(=O)c1ccc(C)cc1. The summed E-state index contributed by atoms with van der Waals surface area (Å²) in [7, 11) is -7.78. The second kappa shape index (κ2) is 11.9. The highest BCUT2D eigenvalue weighted by Crippen LogP contribution is 2.27. The van der Waals surface area contributed by atoms with Gasteiger partial charge < -0.3 is 0 Å². The van der Waals surface area contributed by atoms with Crippen molar-refractivity contribution in [2.24, 2.45) is 11.8 Å². The highest BCUT2D eigenvalue weighted by molar-refractivity contribution is 7.87. The standard InChI is InChI=1S/C24H34O6S2/c1-5-7-21(17-29-31(25,26)23-13-9-19(3)10-14-23)22(8-6-2)18-30-32(27,28)24-15-11-20(4)12-16-24/h9-16,21-22H,5-8,17-18H2,1-4H3/t21-,22?/m0/s1. The van der Waals surface area contributed by atoms with E-state index in [1.807, 2.05) is 27.7 Å². The number of hydrogen-bond acceptors (Lipinski definition) is 6. The van der Waals surface area contributed by atoms with Crippen molar-refractivity contribution >= 4 is 20.2 Å². The number of benzene rings is 2. The monoisotopic (exact) mass is 482 g/mol. The van der Waals surface area contributed by atoms with Crippen molar-refractivity contribution in [3.05, 3.63) is 59.7 Å². The summed E-state index contributed by atoms with van der Waals surface area (Å²) >= 11 is 0. The molecular formula is C24H34O6S2. The third-order valence-electron chi connectivity index (χ3n) is 5.48. The molecule has 0 heterocycles. The van der Waals surface area contributed by atoms with Gasteiger partial charge in [-0.25, -0.2) is 0 Å². The minimum atomic E-state index is -3.89. The normalized spacial score (nSPS) is 14.2. The maximum atomic E-state index is 12.6. The van der Waals surface area contributed by atoms with Crippen molar-refractivity contribution in [1.29, 1.82) is 0 Å². The van der Waals surface area contributed by atoms with Gasteiger partial charge in [-0.3, -0.25) is 8.37 Å². The first-order chi connectivity index (χ1) is 15.1. The Kier molecular flexibility index (Phi) is 9.88. The van der Waals surface area contributed by atoms with Gasteiger partial charge in [0.05, 0.1) is 23.0 Å². The summed E-state index contributed by atoms with van der Waals surface area (Å²) in [6, 6.07) is 13.0. The molecule has 178 valence electrons. The third-order valence-corrected chi connectivity index (χ3v) is 8.07. The molecule has 8 heteroatoms. The van der Waals surface area contributed by atoms with E-state index in [0.29, 0.717) is 12.8 Å². The second-order valence-corrected chi connectivity index (χ2v) is 11.4. The van der Waals surface area contributed by atoms with Gasteiger partial charge in [-0.15, -0.1) is 0 Å². The van der Waals surface area contributed by atoms with E-state index in [-0.39, 0.29) is 34.8 Å². The van der Waals surface area contributed by atoms with Crippen LogP contribution in [0.2, 0.25) is 0 Å². The van der Waals surface area contributed by atoms with Gasteiger partial charge in [-0.1, -0.05) is 62.1 Å². The van der Waals surface area contributed by atoms with E-state index in [1.54, 1.807) is 24.3 Å². The van der Waals surface area contributed by atoms with E-state index in [4.69, 9.17) is 8.37 Å². The Labute approximate surface area is 193 Å².